The fourth-order valence-corrected chi connectivity index (χ4v) is 3.21. The number of halogens is 1. The third-order valence-electron chi connectivity index (χ3n) is 3.11. The highest BCUT2D eigenvalue weighted by Crippen LogP contribution is 2.18. The summed E-state index contributed by atoms with van der Waals surface area (Å²) in [6.07, 6.45) is 0. The largest absolute Gasteiger partial charge is 0.417 e. The van der Waals surface area contributed by atoms with Crippen molar-refractivity contribution in [2.45, 2.75) is 11.4 Å². The van der Waals surface area contributed by atoms with Crippen LogP contribution in [0, 0.1) is 0 Å². The number of rotatable bonds is 4. The molecule has 0 atom stereocenters. The molecule has 0 radical (unpaired) electrons. The molecule has 0 saturated heterocycles. The molecule has 0 amide bonds. The minimum absolute atomic E-state index is 0.00908. The fourth-order valence-electron chi connectivity index (χ4n) is 1.99. The van der Waals surface area contributed by atoms with E-state index in [0.29, 0.717) is 16.1 Å². The van der Waals surface area contributed by atoms with Gasteiger partial charge < -0.3 is 4.42 Å². The van der Waals surface area contributed by atoms with Crippen molar-refractivity contribution in [3.8, 4) is 0 Å². The Labute approximate surface area is 130 Å². The zero-order chi connectivity index (χ0) is 15.7. The van der Waals surface area contributed by atoms with Crippen molar-refractivity contribution in [1.29, 1.82) is 0 Å². The van der Waals surface area contributed by atoms with Crippen LogP contribution in [0.25, 0.3) is 11.1 Å². The van der Waals surface area contributed by atoms with Crippen LogP contribution < -0.4 is 10.5 Å². The van der Waals surface area contributed by atoms with E-state index < -0.39 is 15.8 Å². The second kappa shape index (κ2) is 5.60. The molecular weight excluding hydrogens is 328 g/mol. The molecule has 0 aliphatic carbocycles. The maximum atomic E-state index is 12.3. The van der Waals surface area contributed by atoms with E-state index in [1.165, 1.54) is 18.2 Å². The first-order chi connectivity index (χ1) is 10.5. The molecule has 0 bridgehead atoms. The standard InChI is InChI=1S/C14H11ClN2O4S/c15-11-4-2-1-3-9(11)8-16-22(19,20)10-5-6-12-13(7-10)21-14(18)17-12/h1-7,16H,8H2,(H,17,18). The second-order valence-corrected chi connectivity index (χ2v) is 6.76. The Morgan fingerprint density at radius 1 is 1.18 bits per heavy atom. The van der Waals surface area contributed by atoms with Gasteiger partial charge in [-0.25, -0.2) is 17.9 Å². The summed E-state index contributed by atoms with van der Waals surface area (Å²) in [5, 5.41) is 0.484. The smallest absolute Gasteiger partial charge is 0.408 e. The highest BCUT2D eigenvalue weighted by molar-refractivity contribution is 7.89. The molecule has 0 saturated carbocycles. The van der Waals surface area contributed by atoms with E-state index in [1.807, 2.05) is 0 Å². The minimum atomic E-state index is -3.74. The van der Waals surface area contributed by atoms with Gasteiger partial charge in [0.25, 0.3) is 0 Å². The molecule has 0 aliphatic rings. The van der Waals surface area contributed by atoms with Crippen molar-refractivity contribution in [3.05, 3.63) is 63.6 Å². The molecule has 2 N–H and O–H groups in total. The average Bonchev–Trinajstić information content (AvgIpc) is 2.85. The molecule has 2 aromatic carbocycles. The predicted octanol–water partition coefficient (Wildman–Crippen LogP) is 2.25. The lowest BCUT2D eigenvalue weighted by molar-refractivity contribution is 0.553. The number of H-pyrrole nitrogens is 1. The summed E-state index contributed by atoms with van der Waals surface area (Å²) in [6, 6.07) is 11.1. The molecule has 3 rings (SSSR count). The van der Waals surface area contributed by atoms with Gasteiger partial charge in [0, 0.05) is 17.6 Å². The molecule has 8 heteroatoms. The predicted molar refractivity (Wildman–Crippen MR) is 82.3 cm³/mol. The van der Waals surface area contributed by atoms with E-state index in [2.05, 4.69) is 9.71 Å². The zero-order valence-electron chi connectivity index (χ0n) is 11.2. The van der Waals surface area contributed by atoms with Crippen LogP contribution >= 0.6 is 11.6 Å². The Kier molecular flexibility index (Phi) is 3.78. The summed E-state index contributed by atoms with van der Waals surface area (Å²) in [7, 11) is -3.74. The summed E-state index contributed by atoms with van der Waals surface area (Å²) in [4.78, 5) is 13.6. The molecular formula is C14H11ClN2O4S. The molecule has 6 nitrogen and oxygen atoms in total. The molecule has 0 spiro atoms. The van der Waals surface area contributed by atoms with Crippen LogP contribution in [-0.2, 0) is 16.6 Å². The highest BCUT2D eigenvalue weighted by Gasteiger charge is 2.16. The molecule has 114 valence electrons. The van der Waals surface area contributed by atoms with Gasteiger partial charge in [-0.3, -0.25) is 4.98 Å². The van der Waals surface area contributed by atoms with Gasteiger partial charge >= 0.3 is 5.76 Å². The molecule has 1 aromatic heterocycles. The van der Waals surface area contributed by atoms with Crippen molar-refractivity contribution < 1.29 is 12.8 Å². The first kappa shape index (κ1) is 14.8. The van der Waals surface area contributed by atoms with Crippen molar-refractivity contribution in [2.24, 2.45) is 0 Å². The van der Waals surface area contributed by atoms with Crippen LogP contribution in [0.2, 0.25) is 5.02 Å². The van der Waals surface area contributed by atoms with Gasteiger partial charge in [-0.05, 0) is 23.8 Å². The van der Waals surface area contributed by atoms with Gasteiger partial charge in [0.1, 0.15) is 0 Å². The number of nitrogens with one attached hydrogen (secondary N) is 2. The number of aromatic amines is 1. The second-order valence-electron chi connectivity index (χ2n) is 4.59. The Balaban J connectivity index is 1.88. The van der Waals surface area contributed by atoms with Crippen LogP contribution in [0.4, 0.5) is 0 Å². The number of hydrogen-bond acceptors (Lipinski definition) is 4. The summed E-state index contributed by atoms with van der Waals surface area (Å²) in [6.45, 7) is 0.0666. The maximum Gasteiger partial charge on any atom is 0.417 e. The molecule has 0 unspecified atom stereocenters. The molecule has 0 fully saturated rings. The normalized spacial score (nSPS) is 11.9. The van der Waals surface area contributed by atoms with E-state index in [0.717, 1.165) is 0 Å². The lowest BCUT2D eigenvalue weighted by Crippen LogP contribution is -2.23. The van der Waals surface area contributed by atoms with Crippen molar-refractivity contribution >= 4 is 32.7 Å². The topological polar surface area (TPSA) is 92.2 Å². The van der Waals surface area contributed by atoms with Gasteiger partial charge in [-0.15, -0.1) is 0 Å². The lowest BCUT2D eigenvalue weighted by Gasteiger charge is -2.08. The van der Waals surface area contributed by atoms with E-state index in [4.69, 9.17) is 16.0 Å². The van der Waals surface area contributed by atoms with Crippen molar-refractivity contribution in [1.82, 2.24) is 9.71 Å². The van der Waals surface area contributed by atoms with Crippen LogP contribution in [0.15, 0.2) is 56.6 Å². The first-order valence-corrected chi connectivity index (χ1v) is 8.18. The van der Waals surface area contributed by atoms with Crippen molar-refractivity contribution in [2.75, 3.05) is 0 Å². The first-order valence-electron chi connectivity index (χ1n) is 6.32. The van der Waals surface area contributed by atoms with Gasteiger partial charge in [-0.2, -0.15) is 0 Å². The molecule has 1 heterocycles. The zero-order valence-corrected chi connectivity index (χ0v) is 12.7. The average molecular weight is 339 g/mol. The maximum absolute atomic E-state index is 12.3. The molecule has 3 aromatic rings. The van der Waals surface area contributed by atoms with Gasteiger partial charge in [0.15, 0.2) is 5.58 Å². The Hall–Kier alpha value is -2.09. The number of aromatic nitrogens is 1. The minimum Gasteiger partial charge on any atom is -0.408 e. The van der Waals surface area contributed by atoms with Gasteiger partial charge in [0.2, 0.25) is 10.0 Å². The summed E-state index contributed by atoms with van der Waals surface area (Å²) >= 11 is 5.99. The fraction of sp³-hybridized carbons (Fsp3) is 0.0714. The number of sulfonamides is 1. The third kappa shape index (κ3) is 2.92. The Morgan fingerprint density at radius 2 is 1.95 bits per heavy atom. The number of benzene rings is 2. The van der Waals surface area contributed by atoms with Crippen LogP contribution in [0.5, 0.6) is 0 Å². The monoisotopic (exact) mass is 338 g/mol. The Morgan fingerprint density at radius 3 is 2.73 bits per heavy atom. The van der Waals surface area contributed by atoms with E-state index in [9.17, 15) is 13.2 Å². The van der Waals surface area contributed by atoms with E-state index in [-0.39, 0.29) is 17.0 Å². The van der Waals surface area contributed by atoms with Crippen LogP contribution in [0.3, 0.4) is 0 Å². The molecule has 22 heavy (non-hydrogen) atoms. The third-order valence-corrected chi connectivity index (χ3v) is 4.88. The molecule has 0 aliphatic heterocycles. The summed E-state index contributed by atoms with van der Waals surface area (Å²) < 4.78 is 31.9. The quantitative estimate of drug-likeness (QED) is 0.763. The number of hydrogen-bond donors (Lipinski definition) is 2. The van der Waals surface area contributed by atoms with Crippen LogP contribution in [0.1, 0.15) is 5.56 Å². The van der Waals surface area contributed by atoms with Crippen LogP contribution in [-0.4, -0.2) is 13.4 Å². The van der Waals surface area contributed by atoms with E-state index >= 15 is 0 Å². The van der Waals surface area contributed by atoms with E-state index in [1.54, 1.807) is 24.3 Å². The Bertz CT molecular complexity index is 991. The van der Waals surface area contributed by atoms with Gasteiger partial charge in [0.05, 0.1) is 10.4 Å². The summed E-state index contributed by atoms with van der Waals surface area (Å²) in [5.41, 5.74) is 1.29. The number of oxazole rings is 1. The van der Waals surface area contributed by atoms with Crippen molar-refractivity contribution in [3.63, 3.8) is 0 Å². The summed E-state index contributed by atoms with van der Waals surface area (Å²) in [5.74, 6) is -0.631. The van der Waals surface area contributed by atoms with Gasteiger partial charge in [-0.1, -0.05) is 29.8 Å². The highest BCUT2D eigenvalue weighted by atomic mass is 35.5. The number of fused-ring (bicyclic) bond motifs is 1. The lowest BCUT2D eigenvalue weighted by atomic mass is 10.2. The SMILES string of the molecule is O=c1[nH]c2ccc(S(=O)(=O)NCc3ccccc3Cl)cc2o1.